The maximum Gasteiger partial charge on any atom is 0.357 e. The second-order valence-corrected chi connectivity index (χ2v) is 6.89. The quantitative estimate of drug-likeness (QED) is 0.618. The Labute approximate surface area is 164 Å². The highest BCUT2D eigenvalue weighted by atomic mass is 32.1. The summed E-state index contributed by atoms with van der Waals surface area (Å²) in [5.41, 5.74) is 0.199. The van der Waals surface area contributed by atoms with Crippen LogP contribution < -0.4 is 10.2 Å². The van der Waals surface area contributed by atoms with Gasteiger partial charge in [-0.25, -0.2) is 24.4 Å². The van der Waals surface area contributed by atoms with E-state index in [1.54, 1.807) is 29.4 Å². The van der Waals surface area contributed by atoms with Gasteiger partial charge in [0, 0.05) is 36.9 Å². The van der Waals surface area contributed by atoms with Crippen molar-refractivity contribution < 1.29 is 14.3 Å². The van der Waals surface area contributed by atoms with Crippen molar-refractivity contribution in [3.05, 3.63) is 41.9 Å². The van der Waals surface area contributed by atoms with E-state index in [0.29, 0.717) is 24.0 Å². The van der Waals surface area contributed by atoms with Crippen molar-refractivity contribution in [3.8, 4) is 5.82 Å². The molecule has 1 aliphatic rings. The highest BCUT2D eigenvalue weighted by Crippen LogP contribution is 2.25. The van der Waals surface area contributed by atoms with Crippen LogP contribution in [0, 0.1) is 5.92 Å². The number of carbonyl (C=O) groups excluding carboxylic acids is 2. The lowest BCUT2D eigenvalue weighted by Gasteiger charge is -2.38. The number of ether oxygens (including phenoxy) is 1. The van der Waals surface area contributed by atoms with Gasteiger partial charge in [0.25, 0.3) is 0 Å². The third-order valence-corrected chi connectivity index (χ3v) is 4.93. The first-order valence-electron chi connectivity index (χ1n) is 8.64. The lowest BCUT2D eigenvalue weighted by Crippen LogP contribution is -2.52. The van der Waals surface area contributed by atoms with Gasteiger partial charge in [-0.3, -0.25) is 4.79 Å². The number of thiazole rings is 1. The van der Waals surface area contributed by atoms with Crippen molar-refractivity contribution in [2.24, 2.45) is 5.92 Å². The van der Waals surface area contributed by atoms with Gasteiger partial charge in [-0.15, -0.1) is 11.3 Å². The molecule has 0 atom stereocenters. The molecule has 11 heteroatoms. The summed E-state index contributed by atoms with van der Waals surface area (Å²) in [6, 6.07) is 3.64. The molecule has 1 amide bonds. The van der Waals surface area contributed by atoms with Crippen molar-refractivity contribution in [1.82, 2.24) is 24.7 Å². The molecule has 0 unspecified atom stereocenters. The molecular weight excluding hydrogens is 382 g/mol. The number of hydrogen-bond donors (Lipinski definition) is 1. The Hall–Kier alpha value is -3.34. The van der Waals surface area contributed by atoms with Gasteiger partial charge in [0.05, 0.1) is 12.5 Å². The van der Waals surface area contributed by atoms with E-state index in [1.807, 2.05) is 17.0 Å². The van der Waals surface area contributed by atoms with Crippen molar-refractivity contribution >= 4 is 34.2 Å². The Kier molecular flexibility index (Phi) is 4.98. The van der Waals surface area contributed by atoms with Crippen LogP contribution in [0.1, 0.15) is 17.4 Å². The number of anilines is 2. The van der Waals surface area contributed by atoms with Crippen molar-refractivity contribution in [3.63, 3.8) is 0 Å². The summed E-state index contributed by atoms with van der Waals surface area (Å²) in [4.78, 5) is 38.6. The Morgan fingerprint density at radius 2 is 2.14 bits per heavy atom. The predicted molar refractivity (Wildman–Crippen MR) is 102 cm³/mol. The molecule has 4 heterocycles. The Morgan fingerprint density at radius 3 is 2.89 bits per heavy atom. The molecule has 0 radical (unpaired) electrons. The molecule has 10 nitrogen and oxygen atoms in total. The molecule has 0 saturated carbocycles. The zero-order valence-electron chi connectivity index (χ0n) is 15.0. The number of hydrogen-bond acceptors (Lipinski definition) is 9. The van der Waals surface area contributed by atoms with Crippen LogP contribution in [0.5, 0.6) is 0 Å². The van der Waals surface area contributed by atoms with E-state index in [0.717, 1.165) is 5.82 Å². The SMILES string of the molecule is CCOC(=O)c1csc(NC(=O)C2CN(c3cc(-n4cccn4)ncn3)C2)n1. The minimum absolute atomic E-state index is 0.137. The summed E-state index contributed by atoms with van der Waals surface area (Å²) >= 11 is 1.19. The third kappa shape index (κ3) is 3.69. The second kappa shape index (κ2) is 7.72. The third-order valence-electron chi connectivity index (χ3n) is 4.17. The highest BCUT2D eigenvalue weighted by molar-refractivity contribution is 7.14. The van der Waals surface area contributed by atoms with Crippen LogP contribution in [0.15, 0.2) is 36.2 Å². The minimum atomic E-state index is -0.495. The Bertz CT molecular complexity index is 982. The summed E-state index contributed by atoms with van der Waals surface area (Å²) in [6.07, 6.45) is 4.96. The average molecular weight is 399 g/mol. The molecule has 1 saturated heterocycles. The number of rotatable bonds is 6. The van der Waals surface area contributed by atoms with Gasteiger partial charge < -0.3 is 15.0 Å². The van der Waals surface area contributed by atoms with Crippen LogP contribution in [0.25, 0.3) is 5.82 Å². The van der Waals surface area contributed by atoms with Crippen LogP contribution >= 0.6 is 11.3 Å². The largest absolute Gasteiger partial charge is 0.461 e. The first kappa shape index (κ1) is 18.0. The van der Waals surface area contributed by atoms with Crippen LogP contribution in [0.3, 0.4) is 0 Å². The number of esters is 1. The maximum atomic E-state index is 12.4. The molecule has 4 rings (SSSR count). The molecule has 1 aliphatic heterocycles. The summed E-state index contributed by atoms with van der Waals surface area (Å²) in [6.45, 7) is 3.08. The van der Waals surface area contributed by atoms with Crippen LogP contribution in [0.2, 0.25) is 0 Å². The van der Waals surface area contributed by atoms with Gasteiger partial charge in [-0.1, -0.05) is 0 Å². The minimum Gasteiger partial charge on any atom is -0.461 e. The molecule has 1 fully saturated rings. The zero-order valence-corrected chi connectivity index (χ0v) is 15.8. The standard InChI is InChI=1S/C17H17N7O3S/c1-2-27-16(26)12-9-28-17(21-12)22-15(25)11-7-23(8-11)13-6-14(19-10-18-13)24-5-3-4-20-24/h3-6,9-11H,2,7-8H2,1H3,(H,21,22,25). The lowest BCUT2D eigenvalue weighted by atomic mass is 9.99. The van der Waals surface area contributed by atoms with Crippen LogP contribution in [0.4, 0.5) is 10.9 Å². The molecule has 3 aromatic heterocycles. The van der Waals surface area contributed by atoms with E-state index >= 15 is 0 Å². The molecule has 0 bridgehead atoms. The van der Waals surface area contributed by atoms with Gasteiger partial charge >= 0.3 is 5.97 Å². The van der Waals surface area contributed by atoms with Gasteiger partial charge in [-0.2, -0.15) is 5.10 Å². The molecule has 0 spiro atoms. The molecule has 0 aliphatic carbocycles. The normalized spacial score (nSPS) is 13.8. The molecule has 28 heavy (non-hydrogen) atoms. The summed E-state index contributed by atoms with van der Waals surface area (Å²) in [7, 11) is 0. The van der Waals surface area contributed by atoms with E-state index in [2.05, 4.69) is 25.4 Å². The topological polar surface area (TPSA) is 115 Å². The summed E-state index contributed by atoms with van der Waals surface area (Å²) in [5, 5.41) is 8.86. The van der Waals surface area contributed by atoms with Gasteiger partial charge in [-0.05, 0) is 13.0 Å². The van der Waals surface area contributed by atoms with Crippen molar-refractivity contribution in [2.75, 3.05) is 29.9 Å². The first-order chi connectivity index (χ1) is 13.6. The van der Waals surface area contributed by atoms with E-state index in [-0.39, 0.29) is 24.1 Å². The first-order valence-corrected chi connectivity index (χ1v) is 9.52. The Balaban J connectivity index is 1.33. The Morgan fingerprint density at radius 1 is 1.32 bits per heavy atom. The van der Waals surface area contributed by atoms with E-state index in [9.17, 15) is 9.59 Å². The molecule has 1 N–H and O–H groups in total. The van der Waals surface area contributed by atoms with E-state index in [1.165, 1.54) is 17.7 Å². The number of carbonyl (C=O) groups is 2. The summed E-state index contributed by atoms with van der Waals surface area (Å²) in [5.74, 6) is 0.590. The predicted octanol–water partition coefficient (Wildman–Crippen LogP) is 1.37. The number of aromatic nitrogens is 5. The van der Waals surface area contributed by atoms with Crippen LogP contribution in [-0.2, 0) is 9.53 Å². The number of nitrogens with one attached hydrogen (secondary N) is 1. The smallest absolute Gasteiger partial charge is 0.357 e. The van der Waals surface area contributed by atoms with Crippen molar-refractivity contribution in [2.45, 2.75) is 6.92 Å². The molecular formula is C17H17N7O3S. The van der Waals surface area contributed by atoms with E-state index < -0.39 is 5.97 Å². The summed E-state index contributed by atoms with van der Waals surface area (Å²) < 4.78 is 6.54. The second-order valence-electron chi connectivity index (χ2n) is 6.03. The molecule has 0 aromatic carbocycles. The fourth-order valence-electron chi connectivity index (χ4n) is 2.71. The lowest BCUT2D eigenvalue weighted by molar-refractivity contribution is -0.120. The van der Waals surface area contributed by atoms with Gasteiger partial charge in [0.2, 0.25) is 5.91 Å². The zero-order chi connectivity index (χ0) is 19.5. The number of nitrogens with zero attached hydrogens (tertiary/aromatic N) is 6. The fraction of sp³-hybridized carbons (Fsp3) is 0.294. The molecule has 3 aromatic rings. The van der Waals surface area contributed by atoms with Crippen LogP contribution in [-0.4, -0.2) is 56.3 Å². The highest BCUT2D eigenvalue weighted by Gasteiger charge is 2.34. The maximum absolute atomic E-state index is 12.4. The number of amides is 1. The monoisotopic (exact) mass is 399 g/mol. The fourth-order valence-corrected chi connectivity index (χ4v) is 3.39. The van der Waals surface area contributed by atoms with Crippen molar-refractivity contribution in [1.29, 1.82) is 0 Å². The van der Waals surface area contributed by atoms with E-state index in [4.69, 9.17) is 4.74 Å². The average Bonchev–Trinajstić information content (AvgIpc) is 3.33. The van der Waals surface area contributed by atoms with Gasteiger partial charge in [0.15, 0.2) is 16.6 Å². The van der Waals surface area contributed by atoms with Gasteiger partial charge in [0.1, 0.15) is 12.1 Å². The molecule has 144 valence electrons.